The van der Waals surface area contributed by atoms with Crippen molar-refractivity contribution in [2.24, 2.45) is 0 Å². The van der Waals surface area contributed by atoms with Gasteiger partial charge in [-0.3, -0.25) is 14.5 Å². The molecule has 1 N–H and O–H groups in total. The van der Waals surface area contributed by atoms with Crippen LogP contribution in [0.15, 0.2) is 42.5 Å². The number of carbonyl (C=O) groups excluding carboxylic acids is 3. The van der Waals surface area contributed by atoms with Gasteiger partial charge in [0.15, 0.2) is 0 Å². The second-order valence-electron chi connectivity index (χ2n) is 7.24. The minimum absolute atomic E-state index is 0.312. The number of amides is 4. The third-order valence-corrected chi connectivity index (χ3v) is 5.71. The molecule has 7 nitrogen and oxygen atoms in total. The van der Waals surface area contributed by atoms with E-state index in [1.807, 2.05) is 6.07 Å². The SMILES string of the molecule is COc1ccc([C@]2(C)NC(=O)N(CC(=O)N3CCc4cc(Cl)ccc43)C2=O)cc1. The monoisotopic (exact) mass is 413 g/mol. The van der Waals surface area contributed by atoms with Gasteiger partial charge in [-0.15, -0.1) is 0 Å². The van der Waals surface area contributed by atoms with Crippen LogP contribution in [0.25, 0.3) is 0 Å². The summed E-state index contributed by atoms with van der Waals surface area (Å²) in [5.74, 6) is -0.126. The standard InChI is InChI=1S/C21H20ClN3O4/c1-21(14-3-6-16(29-2)7-4-14)19(27)25(20(28)23-21)12-18(26)24-10-9-13-11-15(22)5-8-17(13)24/h3-8,11H,9-10,12H2,1-2H3,(H,23,28)/t21-/m0/s1. The van der Waals surface area contributed by atoms with Crippen LogP contribution in [-0.2, 0) is 21.5 Å². The number of hydrogen-bond acceptors (Lipinski definition) is 4. The van der Waals surface area contributed by atoms with Gasteiger partial charge >= 0.3 is 6.03 Å². The first-order valence-electron chi connectivity index (χ1n) is 9.21. The Balaban J connectivity index is 1.53. The quantitative estimate of drug-likeness (QED) is 0.782. The number of fused-ring (bicyclic) bond motifs is 1. The lowest BCUT2D eigenvalue weighted by Crippen LogP contribution is -2.44. The van der Waals surface area contributed by atoms with Gasteiger partial charge < -0.3 is 15.0 Å². The van der Waals surface area contributed by atoms with Crippen LogP contribution >= 0.6 is 11.6 Å². The van der Waals surface area contributed by atoms with E-state index in [0.29, 0.717) is 29.3 Å². The topological polar surface area (TPSA) is 79.0 Å². The van der Waals surface area contributed by atoms with Gasteiger partial charge in [-0.2, -0.15) is 0 Å². The Morgan fingerprint density at radius 2 is 1.93 bits per heavy atom. The Hall–Kier alpha value is -3.06. The molecule has 0 aromatic heterocycles. The number of benzene rings is 2. The van der Waals surface area contributed by atoms with Gasteiger partial charge in [-0.1, -0.05) is 23.7 Å². The Labute approximate surface area is 173 Å². The molecule has 0 spiro atoms. The summed E-state index contributed by atoms with van der Waals surface area (Å²) >= 11 is 6.02. The van der Waals surface area contributed by atoms with Crippen molar-refractivity contribution in [3.8, 4) is 5.75 Å². The molecule has 0 radical (unpaired) electrons. The Morgan fingerprint density at radius 1 is 1.21 bits per heavy atom. The second kappa shape index (κ2) is 7.08. The van der Waals surface area contributed by atoms with Crippen molar-refractivity contribution in [3.63, 3.8) is 0 Å². The van der Waals surface area contributed by atoms with E-state index in [-0.39, 0.29) is 12.5 Å². The van der Waals surface area contributed by atoms with Crippen LogP contribution < -0.4 is 15.0 Å². The van der Waals surface area contributed by atoms with Crippen molar-refractivity contribution in [1.82, 2.24) is 10.2 Å². The maximum Gasteiger partial charge on any atom is 0.325 e. The van der Waals surface area contributed by atoms with Gasteiger partial charge in [0.2, 0.25) is 5.91 Å². The molecular formula is C21H20ClN3O4. The van der Waals surface area contributed by atoms with E-state index in [1.54, 1.807) is 55.3 Å². The molecule has 29 heavy (non-hydrogen) atoms. The highest BCUT2D eigenvalue weighted by atomic mass is 35.5. The van der Waals surface area contributed by atoms with E-state index in [1.165, 1.54) is 0 Å². The van der Waals surface area contributed by atoms with E-state index in [0.717, 1.165) is 16.2 Å². The molecule has 8 heteroatoms. The number of nitrogens with one attached hydrogen (secondary N) is 1. The number of methoxy groups -OCH3 is 1. The molecule has 4 rings (SSSR count). The van der Waals surface area contributed by atoms with Gasteiger partial charge in [0.25, 0.3) is 5.91 Å². The van der Waals surface area contributed by atoms with Gasteiger partial charge in [0.1, 0.15) is 17.8 Å². The fraction of sp³-hybridized carbons (Fsp3) is 0.286. The van der Waals surface area contributed by atoms with Crippen molar-refractivity contribution < 1.29 is 19.1 Å². The number of anilines is 1. The smallest absolute Gasteiger partial charge is 0.325 e. The van der Waals surface area contributed by atoms with Crippen LogP contribution in [0, 0.1) is 0 Å². The van der Waals surface area contributed by atoms with E-state index in [4.69, 9.17) is 16.3 Å². The molecule has 2 aliphatic rings. The summed E-state index contributed by atoms with van der Waals surface area (Å²) in [7, 11) is 1.55. The average Bonchev–Trinajstić information content (AvgIpc) is 3.22. The molecule has 2 aromatic rings. The lowest BCUT2D eigenvalue weighted by molar-refractivity contribution is -0.134. The van der Waals surface area contributed by atoms with E-state index in [2.05, 4.69) is 5.32 Å². The fourth-order valence-electron chi connectivity index (χ4n) is 3.81. The molecule has 4 amide bonds. The zero-order valence-corrected chi connectivity index (χ0v) is 16.8. The maximum absolute atomic E-state index is 13.1. The molecule has 0 saturated carbocycles. The van der Waals surface area contributed by atoms with Crippen LogP contribution in [0.4, 0.5) is 10.5 Å². The lowest BCUT2D eigenvalue weighted by atomic mass is 9.92. The normalized spacial score (nSPS) is 20.7. The number of ether oxygens (including phenoxy) is 1. The summed E-state index contributed by atoms with van der Waals surface area (Å²) in [5, 5.41) is 3.33. The molecule has 1 saturated heterocycles. The highest BCUT2D eigenvalue weighted by Crippen LogP contribution is 2.32. The highest BCUT2D eigenvalue weighted by molar-refractivity contribution is 6.30. The number of imide groups is 1. The summed E-state index contributed by atoms with van der Waals surface area (Å²) in [5.41, 5.74) is 1.13. The minimum Gasteiger partial charge on any atom is -0.497 e. The second-order valence-corrected chi connectivity index (χ2v) is 7.68. The summed E-state index contributed by atoms with van der Waals surface area (Å²) in [6.45, 7) is 1.80. The molecule has 1 fully saturated rings. The Kier molecular flexibility index (Phi) is 4.70. The first kappa shape index (κ1) is 19.3. The zero-order valence-electron chi connectivity index (χ0n) is 16.1. The first-order chi connectivity index (χ1) is 13.8. The predicted octanol–water partition coefficient (Wildman–Crippen LogP) is 2.70. The Bertz CT molecular complexity index is 1010. The molecule has 2 aliphatic heterocycles. The van der Waals surface area contributed by atoms with E-state index in [9.17, 15) is 14.4 Å². The number of urea groups is 1. The largest absolute Gasteiger partial charge is 0.497 e. The van der Waals surface area contributed by atoms with Gasteiger partial charge in [0.05, 0.1) is 7.11 Å². The third kappa shape index (κ3) is 3.21. The molecule has 150 valence electrons. The molecule has 0 aliphatic carbocycles. The average molecular weight is 414 g/mol. The van der Waals surface area contributed by atoms with Crippen molar-refractivity contribution in [2.45, 2.75) is 18.9 Å². The summed E-state index contributed by atoms with van der Waals surface area (Å²) in [6, 6.07) is 11.7. The molecular weight excluding hydrogens is 394 g/mol. The third-order valence-electron chi connectivity index (χ3n) is 5.47. The van der Waals surface area contributed by atoms with Crippen LogP contribution in [-0.4, -0.2) is 42.9 Å². The molecule has 1 atom stereocenters. The Morgan fingerprint density at radius 3 is 2.62 bits per heavy atom. The predicted molar refractivity (Wildman–Crippen MR) is 108 cm³/mol. The number of nitrogens with zero attached hydrogens (tertiary/aromatic N) is 2. The molecule has 2 aromatic carbocycles. The fourth-order valence-corrected chi connectivity index (χ4v) is 4.01. The summed E-state index contributed by atoms with van der Waals surface area (Å²) in [4.78, 5) is 41.0. The van der Waals surface area contributed by atoms with E-state index < -0.39 is 17.5 Å². The minimum atomic E-state index is -1.24. The van der Waals surface area contributed by atoms with Crippen LogP contribution in [0.3, 0.4) is 0 Å². The highest BCUT2D eigenvalue weighted by Gasteiger charge is 2.49. The van der Waals surface area contributed by atoms with Crippen LogP contribution in [0.5, 0.6) is 5.75 Å². The molecule has 0 unspecified atom stereocenters. The maximum atomic E-state index is 13.1. The number of hydrogen-bond donors (Lipinski definition) is 1. The van der Waals surface area contributed by atoms with Crippen LogP contribution in [0.2, 0.25) is 5.02 Å². The van der Waals surface area contributed by atoms with Gasteiger partial charge in [0, 0.05) is 17.3 Å². The van der Waals surface area contributed by atoms with Gasteiger partial charge in [-0.25, -0.2) is 4.79 Å². The van der Waals surface area contributed by atoms with Crippen molar-refractivity contribution in [3.05, 3.63) is 58.6 Å². The first-order valence-corrected chi connectivity index (χ1v) is 9.59. The zero-order chi connectivity index (χ0) is 20.8. The molecule has 0 bridgehead atoms. The van der Waals surface area contributed by atoms with Crippen molar-refractivity contribution >= 4 is 35.1 Å². The molecule has 2 heterocycles. The van der Waals surface area contributed by atoms with Crippen molar-refractivity contribution in [1.29, 1.82) is 0 Å². The number of carbonyl (C=O) groups is 3. The van der Waals surface area contributed by atoms with E-state index >= 15 is 0 Å². The van der Waals surface area contributed by atoms with Crippen molar-refractivity contribution in [2.75, 3.05) is 25.1 Å². The number of halogens is 1. The lowest BCUT2D eigenvalue weighted by Gasteiger charge is -2.23. The van der Waals surface area contributed by atoms with Gasteiger partial charge in [-0.05, 0) is 54.8 Å². The summed E-state index contributed by atoms with van der Waals surface area (Å²) in [6.07, 6.45) is 0.686. The summed E-state index contributed by atoms with van der Waals surface area (Å²) < 4.78 is 5.14. The van der Waals surface area contributed by atoms with Crippen LogP contribution in [0.1, 0.15) is 18.1 Å². The number of rotatable bonds is 4.